The molecule has 0 bridgehead atoms. The van der Waals surface area contributed by atoms with Gasteiger partial charge in [-0.15, -0.1) is 0 Å². The van der Waals surface area contributed by atoms with Gasteiger partial charge in [-0.1, -0.05) is 113 Å². The van der Waals surface area contributed by atoms with Crippen LogP contribution in [0.15, 0.2) is 128 Å². The van der Waals surface area contributed by atoms with Crippen LogP contribution in [0.25, 0.3) is 56.7 Å². The topological polar surface area (TPSA) is 56.5 Å². The molecular formula is C46H41N5. The molecule has 0 aliphatic heterocycles. The van der Waals surface area contributed by atoms with Crippen molar-refractivity contribution in [1.82, 2.24) is 24.5 Å². The first-order valence-electron chi connectivity index (χ1n) is 18.1. The lowest BCUT2D eigenvalue weighted by Gasteiger charge is -2.20. The van der Waals surface area contributed by atoms with Gasteiger partial charge in [0.15, 0.2) is 11.6 Å². The van der Waals surface area contributed by atoms with Crippen molar-refractivity contribution in [2.24, 2.45) is 5.92 Å². The van der Waals surface area contributed by atoms with E-state index in [4.69, 9.17) is 19.9 Å². The Hall–Kier alpha value is -5.68. The minimum Gasteiger partial charge on any atom is -0.310 e. The SMILES string of the molecule is CC(C)C1CC(C)(C)c2cc(-c3ccc(-c4nc(-c5ccccc5)nc(C5C=Cc6c(c7ccccc7n6-c6ccccc6)C5)n4)cn3)ccc21. The summed E-state index contributed by atoms with van der Waals surface area (Å²) in [5.74, 6) is 3.30. The minimum atomic E-state index is -0.00610. The molecule has 2 atom stereocenters. The summed E-state index contributed by atoms with van der Waals surface area (Å²) in [7, 11) is 0. The number of hydrogen-bond donors (Lipinski definition) is 0. The summed E-state index contributed by atoms with van der Waals surface area (Å²) >= 11 is 0. The molecule has 0 fully saturated rings. The largest absolute Gasteiger partial charge is 0.310 e. The predicted octanol–water partition coefficient (Wildman–Crippen LogP) is 11.0. The number of pyridine rings is 1. The third kappa shape index (κ3) is 5.48. The van der Waals surface area contributed by atoms with Crippen molar-refractivity contribution in [2.75, 3.05) is 0 Å². The molecule has 0 amide bonds. The van der Waals surface area contributed by atoms with E-state index in [-0.39, 0.29) is 11.3 Å². The van der Waals surface area contributed by atoms with Crippen LogP contribution in [0.3, 0.4) is 0 Å². The van der Waals surface area contributed by atoms with Gasteiger partial charge in [0.05, 0.1) is 11.2 Å². The summed E-state index contributed by atoms with van der Waals surface area (Å²) in [4.78, 5) is 20.2. The molecule has 0 radical (unpaired) electrons. The molecule has 5 nitrogen and oxygen atoms in total. The normalized spacial score (nSPS) is 17.5. The molecule has 5 heteroatoms. The van der Waals surface area contributed by atoms with Crippen LogP contribution in [0.2, 0.25) is 0 Å². The third-order valence-electron chi connectivity index (χ3n) is 11.0. The highest BCUT2D eigenvalue weighted by Gasteiger charge is 2.38. The number of benzene rings is 4. The zero-order chi connectivity index (χ0) is 34.7. The second kappa shape index (κ2) is 12.3. The zero-order valence-electron chi connectivity index (χ0n) is 29.6. The predicted molar refractivity (Wildman–Crippen MR) is 208 cm³/mol. The van der Waals surface area contributed by atoms with Crippen molar-refractivity contribution < 1.29 is 0 Å². The highest BCUT2D eigenvalue weighted by Crippen LogP contribution is 2.49. The Morgan fingerprint density at radius 1 is 0.725 bits per heavy atom. The number of allylic oxidation sites excluding steroid dienone is 1. The Bertz CT molecular complexity index is 2420. The molecule has 4 aromatic carbocycles. The number of rotatable bonds is 6. The van der Waals surface area contributed by atoms with E-state index in [2.05, 4.69) is 141 Å². The first-order valence-corrected chi connectivity index (χ1v) is 18.1. The lowest BCUT2D eigenvalue weighted by molar-refractivity contribution is 0.409. The van der Waals surface area contributed by atoms with E-state index in [9.17, 15) is 0 Å². The summed E-state index contributed by atoms with van der Waals surface area (Å²) in [6, 6.07) is 40.6. The first kappa shape index (κ1) is 31.3. The quantitative estimate of drug-likeness (QED) is 0.178. The van der Waals surface area contributed by atoms with Crippen molar-refractivity contribution in [2.45, 2.75) is 57.8 Å². The number of fused-ring (bicyclic) bond motifs is 4. The molecule has 9 rings (SSSR count). The number of hydrogen-bond acceptors (Lipinski definition) is 4. The van der Waals surface area contributed by atoms with Crippen LogP contribution < -0.4 is 0 Å². The summed E-state index contributed by atoms with van der Waals surface area (Å²) in [5.41, 5.74) is 11.9. The van der Waals surface area contributed by atoms with Crippen LogP contribution in [0.1, 0.15) is 74.2 Å². The summed E-state index contributed by atoms with van der Waals surface area (Å²) < 4.78 is 2.36. The second-order valence-electron chi connectivity index (χ2n) is 15.1. The van der Waals surface area contributed by atoms with E-state index in [0.29, 0.717) is 23.5 Å². The monoisotopic (exact) mass is 663 g/mol. The molecule has 7 aromatic rings. The Morgan fingerprint density at radius 3 is 2.18 bits per heavy atom. The molecule has 3 aromatic heterocycles. The van der Waals surface area contributed by atoms with Crippen LogP contribution in [0.5, 0.6) is 0 Å². The Labute approximate surface area is 299 Å². The molecule has 3 heterocycles. The number of aromatic nitrogens is 5. The molecule has 0 N–H and O–H groups in total. The third-order valence-corrected chi connectivity index (χ3v) is 11.0. The van der Waals surface area contributed by atoms with Crippen molar-refractivity contribution in [3.63, 3.8) is 0 Å². The van der Waals surface area contributed by atoms with E-state index in [1.54, 1.807) is 0 Å². The van der Waals surface area contributed by atoms with Crippen LogP contribution in [0, 0.1) is 5.92 Å². The van der Waals surface area contributed by atoms with Crippen molar-refractivity contribution >= 4 is 17.0 Å². The van der Waals surface area contributed by atoms with Crippen LogP contribution in [0.4, 0.5) is 0 Å². The molecule has 2 unspecified atom stereocenters. The average molecular weight is 664 g/mol. The van der Waals surface area contributed by atoms with E-state index >= 15 is 0 Å². The van der Waals surface area contributed by atoms with Gasteiger partial charge >= 0.3 is 0 Å². The molecule has 2 aliphatic carbocycles. The molecule has 2 aliphatic rings. The Kier molecular flexibility index (Phi) is 7.54. The van der Waals surface area contributed by atoms with Gasteiger partial charge in [-0.05, 0) is 89.3 Å². The van der Waals surface area contributed by atoms with Gasteiger partial charge in [-0.2, -0.15) is 0 Å². The fourth-order valence-electron chi connectivity index (χ4n) is 8.33. The Morgan fingerprint density at radius 2 is 1.43 bits per heavy atom. The lowest BCUT2D eigenvalue weighted by atomic mass is 9.84. The molecule has 0 spiro atoms. The van der Waals surface area contributed by atoms with Crippen LogP contribution >= 0.6 is 0 Å². The van der Waals surface area contributed by atoms with Gasteiger partial charge in [-0.3, -0.25) is 4.98 Å². The van der Waals surface area contributed by atoms with Crippen molar-refractivity contribution in [1.29, 1.82) is 0 Å². The average Bonchev–Trinajstić information content (AvgIpc) is 3.65. The smallest absolute Gasteiger partial charge is 0.165 e. The highest BCUT2D eigenvalue weighted by molar-refractivity contribution is 5.91. The van der Waals surface area contributed by atoms with Gasteiger partial charge in [0, 0.05) is 45.6 Å². The highest BCUT2D eigenvalue weighted by atomic mass is 15.0. The second-order valence-corrected chi connectivity index (χ2v) is 15.1. The van der Waals surface area contributed by atoms with E-state index in [1.165, 1.54) is 39.7 Å². The maximum atomic E-state index is 5.14. The molecule has 0 saturated heterocycles. The van der Waals surface area contributed by atoms with Crippen LogP contribution in [-0.4, -0.2) is 24.5 Å². The lowest BCUT2D eigenvalue weighted by Crippen LogP contribution is -2.13. The summed E-state index contributed by atoms with van der Waals surface area (Å²) in [6.45, 7) is 9.43. The van der Waals surface area contributed by atoms with Crippen LogP contribution in [-0.2, 0) is 11.8 Å². The van der Waals surface area contributed by atoms with E-state index < -0.39 is 0 Å². The van der Waals surface area contributed by atoms with Gasteiger partial charge in [0.1, 0.15) is 5.82 Å². The van der Waals surface area contributed by atoms with E-state index in [0.717, 1.165) is 40.3 Å². The molecule has 51 heavy (non-hydrogen) atoms. The molecule has 0 saturated carbocycles. The molecular weight excluding hydrogens is 623 g/mol. The summed E-state index contributed by atoms with van der Waals surface area (Å²) in [6.07, 6.45) is 8.41. The zero-order valence-corrected chi connectivity index (χ0v) is 29.6. The van der Waals surface area contributed by atoms with Gasteiger partial charge in [0.25, 0.3) is 0 Å². The van der Waals surface area contributed by atoms with Gasteiger partial charge in [-0.25, -0.2) is 15.0 Å². The minimum absolute atomic E-state index is 0.00610. The maximum absolute atomic E-state index is 5.14. The fourth-order valence-corrected chi connectivity index (χ4v) is 8.33. The number of para-hydroxylation sites is 2. The standard InChI is InChI=1S/C46H41N5/c1-29(2)38-27-46(3,4)39-26-31(19-22-35(38)39)40-23-20-33(28-47-40)45-49-43(30-13-7-5-8-14-30)48-44(50-45)32-21-24-42-37(25-32)36-17-11-12-18-41(36)51(42)34-15-9-6-10-16-34/h5-24,26,28-29,32,38H,25,27H2,1-4H3. The fraction of sp³-hybridized carbons (Fsp3) is 0.217. The summed E-state index contributed by atoms with van der Waals surface area (Å²) in [5, 5.41) is 1.26. The van der Waals surface area contributed by atoms with Gasteiger partial charge < -0.3 is 4.57 Å². The maximum Gasteiger partial charge on any atom is 0.165 e. The van der Waals surface area contributed by atoms with Crippen molar-refractivity contribution in [3.05, 3.63) is 156 Å². The van der Waals surface area contributed by atoms with Crippen molar-refractivity contribution in [3.8, 4) is 39.7 Å². The first-order chi connectivity index (χ1) is 24.8. The van der Waals surface area contributed by atoms with Gasteiger partial charge in [0.2, 0.25) is 0 Å². The van der Waals surface area contributed by atoms with E-state index in [1.807, 2.05) is 24.4 Å². The number of nitrogens with zero attached hydrogens (tertiary/aromatic N) is 5. The molecule has 250 valence electrons. The Balaban J connectivity index is 1.09.